The summed E-state index contributed by atoms with van der Waals surface area (Å²) in [7, 11) is 1.78. The van der Waals surface area contributed by atoms with E-state index < -0.39 is 0 Å². The summed E-state index contributed by atoms with van der Waals surface area (Å²) >= 11 is 0. The minimum Gasteiger partial charge on any atom is -0.380 e. The Bertz CT molecular complexity index is 165. The molecular weight excluding hydrogens is 176 g/mol. The third-order valence-electron chi connectivity index (χ3n) is 3.47. The summed E-state index contributed by atoms with van der Waals surface area (Å²) in [6.45, 7) is 8.63. The van der Waals surface area contributed by atoms with Gasteiger partial charge in [-0.1, -0.05) is 6.92 Å². The number of nitrogens with two attached hydrogens (primary N) is 1. The Morgan fingerprint density at radius 2 is 2.00 bits per heavy atom. The van der Waals surface area contributed by atoms with Gasteiger partial charge >= 0.3 is 0 Å². The van der Waals surface area contributed by atoms with E-state index in [9.17, 15) is 0 Å². The van der Waals surface area contributed by atoms with Crippen LogP contribution in [0.25, 0.3) is 0 Å². The van der Waals surface area contributed by atoms with Crippen LogP contribution >= 0.6 is 0 Å². The van der Waals surface area contributed by atoms with E-state index >= 15 is 0 Å². The lowest BCUT2D eigenvalue weighted by atomic mass is 9.80. The van der Waals surface area contributed by atoms with Crippen molar-refractivity contribution >= 4 is 0 Å². The normalized spacial score (nSPS) is 24.9. The molecule has 1 fully saturated rings. The quantitative estimate of drug-likeness (QED) is 0.738. The summed E-state index contributed by atoms with van der Waals surface area (Å²) in [6.07, 6.45) is 2.79. The van der Waals surface area contributed by atoms with Crippen molar-refractivity contribution in [3.8, 4) is 0 Å². The average Bonchev–Trinajstić information content (AvgIpc) is 2.21. The second-order valence-corrected chi connectivity index (χ2v) is 4.86. The van der Waals surface area contributed by atoms with Gasteiger partial charge in [0.25, 0.3) is 0 Å². The van der Waals surface area contributed by atoms with Gasteiger partial charge in [-0.2, -0.15) is 0 Å². The maximum atomic E-state index is 5.77. The van der Waals surface area contributed by atoms with E-state index in [1.165, 1.54) is 25.9 Å². The monoisotopic (exact) mass is 200 g/mol. The number of rotatable bonds is 4. The van der Waals surface area contributed by atoms with Crippen LogP contribution in [0.4, 0.5) is 0 Å². The molecule has 0 spiro atoms. The Morgan fingerprint density at radius 1 is 1.43 bits per heavy atom. The third kappa shape index (κ3) is 3.23. The summed E-state index contributed by atoms with van der Waals surface area (Å²) in [5, 5.41) is 0. The van der Waals surface area contributed by atoms with Crippen LogP contribution in [0.15, 0.2) is 0 Å². The first-order chi connectivity index (χ1) is 6.59. The molecule has 1 saturated heterocycles. The molecule has 0 aliphatic carbocycles. The minimum atomic E-state index is 0.345. The topological polar surface area (TPSA) is 38.5 Å². The minimum absolute atomic E-state index is 0.345. The van der Waals surface area contributed by atoms with E-state index in [2.05, 4.69) is 18.7 Å². The zero-order chi connectivity index (χ0) is 10.6. The molecule has 1 atom stereocenters. The molecule has 1 aliphatic heterocycles. The number of hydrogen-bond acceptors (Lipinski definition) is 3. The number of nitrogens with zero attached hydrogens (tertiary/aromatic N) is 1. The van der Waals surface area contributed by atoms with Gasteiger partial charge in [-0.3, -0.25) is 0 Å². The fraction of sp³-hybridized carbons (Fsp3) is 1.00. The molecule has 3 nitrogen and oxygen atoms in total. The van der Waals surface area contributed by atoms with Gasteiger partial charge in [-0.15, -0.1) is 0 Å². The van der Waals surface area contributed by atoms with Crippen molar-refractivity contribution in [2.45, 2.75) is 32.8 Å². The van der Waals surface area contributed by atoms with E-state index in [0.717, 1.165) is 13.1 Å². The summed E-state index contributed by atoms with van der Waals surface area (Å²) in [5.74, 6) is 0. The largest absolute Gasteiger partial charge is 0.380 e. The maximum Gasteiger partial charge on any atom is 0.0670 e. The van der Waals surface area contributed by atoms with Gasteiger partial charge in [0, 0.05) is 13.7 Å². The maximum absolute atomic E-state index is 5.77. The zero-order valence-corrected chi connectivity index (χ0v) is 9.75. The van der Waals surface area contributed by atoms with Crippen LogP contribution in [-0.4, -0.2) is 44.3 Å². The SMILES string of the molecule is COC(C)CN1CCC(C)(CN)CC1. The number of ether oxygens (including phenoxy) is 1. The van der Waals surface area contributed by atoms with Crippen molar-refractivity contribution in [3.63, 3.8) is 0 Å². The first-order valence-electron chi connectivity index (χ1n) is 5.55. The fourth-order valence-corrected chi connectivity index (χ4v) is 1.92. The van der Waals surface area contributed by atoms with E-state index in [1.807, 2.05) is 0 Å². The highest BCUT2D eigenvalue weighted by Gasteiger charge is 2.28. The van der Waals surface area contributed by atoms with E-state index in [0.29, 0.717) is 11.5 Å². The number of hydrogen-bond donors (Lipinski definition) is 1. The fourth-order valence-electron chi connectivity index (χ4n) is 1.92. The molecule has 0 aromatic rings. The molecular formula is C11H24N2O. The van der Waals surface area contributed by atoms with Crippen LogP contribution in [-0.2, 0) is 4.74 Å². The molecule has 0 aromatic heterocycles. The molecule has 2 N–H and O–H groups in total. The number of likely N-dealkylation sites (tertiary alicyclic amines) is 1. The molecule has 1 unspecified atom stereocenters. The standard InChI is InChI=1S/C11H24N2O/c1-10(14-3)8-13-6-4-11(2,9-12)5-7-13/h10H,4-9,12H2,1-3H3. The van der Waals surface area contributed by atoms with Crippen molar-refractivity contribution in [1.29, 1.82) is 0 Å². The zero-order valence-electron chi connectivity index (χ0n) is 9.75. The van der Waals surface area contributed by atoms with Crippen molar-refractivity contribution in [3.05, 3.63) is 0 Å². The Hall–Kier alpha value is -0.120. The lowest BCUT2D eigenvalue weighted by Crippen LogP contribution is -2.44. The van der Waals surface area contributed by atoms with Gasteiger partial charge in [-0.05, 0) is 44.8 Å². The van der Waals surface area contributed by atoms with Gasteiger partial charge in [0.15, 0.2) is 0 Å². The van der Waals surface area contributed by atoms with Crippen LogP contribution in [0.3, 0.4) is 0 Å². The molecule has 1 rings (SSSR count). The lowest BCUT2D eigenvalue weighted by molar-refractivity contribution is 0.0485. The highest BCUT2D eigenvalue weighted by Crippen LogP contribution is 2.29. The second-order valence-electron chi connectivity index (χ2n) is 4.86. The van der Waals surface area contributed by atoms with Gasteiger partial charge in [0.2, 0.25) is 0 Å². The van der Waals surface area contributed by atoms with Crippen LogP contribution in [0, 0.1) is 5.41 Å². The number of methoxy groups -OCH3 is 1. The predicted octanol–water partition coefficient (Wildman–Crippen LogP) is 1.08. The first kappa shape index (κ1) is 12.0. The molecule has 0 aromatic carbocycles. The van der Waals surface area contributed by atoms with E-state index in [-0.39, 0.29) is 0 Å². The second kappa shape index (κ2) is 5.10. The third-order valence-corrected chi connectivity index (χ3v) is 3.47. The molecule has 1 heterocycles. The Morgan fingerprint density at radius 3 is 2.43 bits per heavy atom. The predicted molar refractivity (Wildman–Crippen MR) is 59.3 cm³/mol. The lowest BCUT2D eigenvalue weighted by Gasteiger charge is -2.39. The molecule has 3 heteroatoms. The highest BCUT2D eigenvalue weighted by atomic mass is 16.5. The van der Waals surface area contributed by atoms with Crippen LogP contribution < -0.4 is 5.73 Å². The first-order valence-corrected chi connectivity index (χ1v) is 5.55. The average molecular weight is 200 g/mol. The summed E-state index contributed by atoms with van der Waals surface area (Å²) in [6, 6.07) is 0. The molecule has 0 radical (unpaired) electrons. The van der Waals surface area contributed by atoms with Crippen molar-refractivity contribution in [2.75, 3.05) is 33.3 Å². The molecule has 0 saturated carbocycles. The highest BCUT2D eigenvalue weighted by molar-refractivity contribution is 4.83. The van der Waals surface area contributed by atoms with Crippen LogP contribution in [0.2, 0.25) is 0 Å². The molecule has 14 heavy (non-hydrogen) atoms. The van der Waals surface area contributed by atoms with E-state index in [4.69, 9.17) is 10.5 Å². The van der Waals surface area contributed by atoms with Gasteiger partial charge in [0.05, 0.1) is 6.10 Å². The smallest absolute Gasteiger partial charge is 0.0670 e. The van der Waals surface area contributed by atoms with Crippen molar-refractivity contribution in [1.82, 2.24) is 4.90 Å². The van der Waals surface area contributed by atoms with Crippen molar-refractivity contribution in [2.24, 2.45) is 11.1 Å². The van der Waals surface area contributed by atoms with Crippen LogP contribution in [0.5, 0.6) is 0 Å². The molecule has 0 amide bonds. The van der Waals surface area contributed by atoms with Gasteiger partial charge < -0.3 is 15.4 Å². The molecule has 84 valence electrons. The number of piperidine rings is 1. The Labute approximate surface area is 87.6 Å². The Balaban J connectivity index is 2.29. The Kier molecular flexibility index (Phi) is 4.35. The summed E-state index contributed by atoms with van der Waals surface area (Å²) in [4.78, 5) is 2.48. The molecule has 0 bridgehead atoms. The summed E-state index contributed by atoms with van der Waals surface area (Å²) < 4.78 is 5.26. The molecule has 1 aliphatic rings. The van der Waals surface area contributed by atoms with Gasteiger partial charge in [0.1, 0.15) is 0 Å². The van der Waals surface area contributed by atoms with Crippen LogP contribution in [0.1, 0.15) is 26.7 Å². The van der Waals surface area contributed by atoms with Gasteiger partial charge in [-0.25, -0.2) is 0 Å². The van der Waals surface area contributed by atoms with Crippen molar-refractivity contribution < 1.29 is 4.74 Å². The van der Waals surface area contributed by atoms with E-state index in [1.54, 1.807) is 7.11 Å². The summed E-state index contributed by atoms with van der Waals surface area (Å²) in [5.41, 5.74) is 6.15.